The van der Waals surface area contributed by atoms with Crippen LogP contribution in [0.2, 0.25) is 5.02 Å². The quantitative estimate of drug-likeness (QED) is 0.841. The van der Waals surface area contributed by atoms with Crippen molar-refractivity contribution in [3.63, 3.8) is 0 Å². The van der Waals surface area contributed by atoms with Gasteiger partial charge in [0.05, 0.1) is 5.02 Å². The number of nitrogens with two attached hydrogens (primary N) is 1. The molecule has 1 fully saturated rings. The summed E-state index contributed by atoms with van der Waals surface area (Å²) >= 11 is 5.64. The van der Waals surface area contributed by atoms with Crippen molar-refractivity contribution in [2.45, 2.75) is 38.6 Å². The summed E-state index contributed by atoms with van der Waals surface area (Å²) in [5.41, 5.74) is 5.25. The summed E-state index contributed by atoms with van der Waals surface area (Å²) in [7, 11) is -4.00. The van der Waals surface area contributed by atoms with Crippen molar-refractivity contribution in [1.29, 1.82) is 0 Å². The summed E-state index contributed by atoms with van der Waals surface area (Å²) in [5, 5.41) is -0.306. The molecule has 0 radical (unpaired) electrons. The Bertz CT molecular complexity index is 657. The monoisotopic (exact) mass is 320 g/mol. The second-order valence-electron chi connectivity index (χ2n) is 6.31. The zero-order chi connectivity index (χ0) is 15.5. The molecule has 0 amide bonds. The minimum absolute atomic E-state index is 0.103. The van der Waals surface area contributed by atoms with Gasteiger partial charge in [-0.1, -0.05) is 39.3 Å². The fourth-order valence-corrected chi connectivity index (χ4v) is 4.44. The third-order valence-corrected chi connectivity index (χ3v) is 6.30. The summed E-state index contributed by atoms with van der Waals surface area (Å²) in [6, 6.07) is 1.99. The molecular weight excluding hydrogens is 303 g/mol. The number of nitrogens with one attached hydrogen (secondary N) is 1. The van der Waals surface area contributed by atoms with Gasteiger partial charge in [-0.2, -0.15) is 0 Å². The van der Waals surface area contributed by atoms with E-state index in [1.54, 1.807) is 0 Å². The molecule has 0 aliphatic heterocycles. The second-order valence-corrected chi connectivity index (χ2v) is 8.40. The van der Waals surface area contributed by atoms with Crippen LogP contribution in [-0.4, -0.2) is 14.5 Å². The SMILES string of the molecule is CC1(C)C(NS(=O)(=O)c2cc(N)cc(Cl)c2F)C1(C)C. The number of rotatable bonds is 3. The third kappa shape index (κ3) is 2.19. The Labute approximate surface area is 123 Å². The maximum Gasteiger partial charge on any atom is 0.243 e. The molecule has 0 bridgehead atoms. The van der Waals surface area contributed by atoms with E-state index in [1.807, 2.05) is 27.7 Å². The molecule has 0 heterocycles. The van der Waals surface area contributed by atoms with Gasteiger partial charge in [0.2, 0.25) is 10.0 Å². The number of hydrogen-bond donors (Lipinski definition) is 2. The van der Waals surface area contributed by atoms with Crippen LogP contribution in [-0.2, 0) is 10.0 Å². The highest BCUT2D eigenvalue weighted by atomic mass is 35.5. The molecule has 1 aliphatic rings. The van der Waals surface area contributed by atoms with Crippen molar-refractivity contribution in [1.82, 2.24) is 4.72 Å². The van der Waals surface area contributed by atoms with Crippen LogP contribution < -0.4 is 10.5 Å². The Morgan fingerprint density at radius 1 is 1.25 bits per heavy atom. The van der Waals surface area contributed by atoms with Gasteiger partial charge in [0, 0.05) is 11.7 Å². The van der Waals surface area contributed by atoms with Crippen molar-refractivity contribution in [3.8, 4) is 0 Å². The zero-order valence-corrected chi connectivity index (χ0v) is 13.4. The Hall–Kier alpha value is -0.850. The van der Waals surface area contributed by atoms with Gasteiger partial charge in [-0.3, -0.25) is 0 Å². The number of anilines is 1. The molecule has 0 atom stereocenters. The lowest BCUT2D eigenvalue weighted by Gasteiger charge is -2.10. The topological polar surface area (TPSA) is 72.2 Å². The molecule has 0 unspecified atom stereocenters. The number of sulfonamides is 1. The lowest BCUT2D eigenvalue weighted by molar-refractivity contribution is 0.457. The van der Waals surface area contributed by atoms with E-state index in [2.05, 4.69) is 4.72 Å². The van der Waals surface area contributed by atoms with E-state index in [-0.39, 0.29) is 27.6 Å². The van der Waals surface area contributed by atoms with E-state index in [4.69, 9.17) is 17.3 Å². The Kier molecular flexibility index (Phi) is 3.36. The van der Waals surface area contributed by atoms with Crippen LogP contribution >= 0.6 is 11.6 Å². The third-order valence-electron chi connectivity index (χ3n) is 4.60. The highest BCUT2D eigenvalue weighted by molar-refractivity contribution is 7.89. The molecule has 0 spiro atoms. The molecule has 112 valence electrons. The van der Waals surface area contributed by atoms with Gasteiger partial charge in [0.25, 0.3) is 0 Å². The van der Waals surface area contributed by atoms with Crippen LogP contribution in [0.15, 0.2) is 17.0 Å². The van der Waals surface area contributed by atoms with Crippen molar-refractivity contribution in [3.05, 3.63) is 23.0 Å². The molecule has 20 heavy (non-hydrogen) atoms. The largest absolute Gasteiger partial charge is 0.399 e. The zero-order valence-electron chi connectivity index (χ0n) is 11.8. The normalized spacial score (nSPS) is 20.9. The van der Waals surface area contributed by atoms with E-state index < -0.39 is 20.7 Å². The molecule has 1 aromatic carbocycles. The molecule has 1 saturated carbocycles. The minimum atomic E-state index is -4.00. The molecule has 3 N–H and O–H groups in total. The Balaban J connectivity index is 2.39. The fourth-order valence-electron chi connectivity index (χ4n) is 2.49. The first kappa shape index (κ1) is 15.5. The highest BCUT2D eigenvalue weighted by Gasteiger charge is 2.66. The van der Waals surface area contributed by atoms with Crippen molar-refractivity contribution >= 4 is 27.3 Å². The minimum Gasteiger partial charge on any atom is -0.399 e. The average molecular weight is 321 g/mol. The second kappa shape index (κ2) is 4.32. The number of hydrogen-bond acceptors (Lipinski definition) is 3. The van der Waals surface area contributed by atoms with Crippen molar-refractivity contribution < 1.29 is 12.8 Å². The van der Waals surface area contributed by atoms with E-state index in [0.29, 0.717) is 0 Å². The predicted octanol–water partition coefficient (Wildman–Crippen LogP) is 2.77. The van der Waals surface area contributed by atoms with Crippen molar-refractivity contribution in [2.75, 3.05) is 5.73 Å². The molecule has 2 rings (SSSR count). The molecule has 0 aromatic heterocycles. The smallest absolute Gasteiger partial charge is 0.243 e. The van der Waals surface area contributed by atoms with E-state index in [9.17, 15) is 12.8 Å². The van der Waals surface area contributed by atoms with Crippen LogP contribution in [0.5, 0.6) is 0 Å². The maximum atomic E-state index is 13.9. The Morgan fingerprint density at radius 2 is 1.75 bits per heavy atom. The number of nitrogen functional groups attached to an aromatic ring is 1. The molecule has 1 aliphatic carbocycles. The van der Waals surface area contributed by atoms with Gasteiger partial charge in [0.1, 0.15) is 4.90 Å². The van der Waals surface area contributed by atoms with Gasteiger partial charge in [-0.25, -0.2) is 17.5 Å². The first-order valence-electron chi connectivity index (χ1n) is 6.18. The lowest BCUT2D eigenvalue weighted by Crippen LogP contribution is -2.30. The fraction of sp³-hybridized carbons (Fsp3) is 0.538. The average Bonchev–Trinajstić information content (AvgIpc) is 2.65. The van der Waals surface area contributed by atoms with E-state index in [0.717, 1.165) is 6.07 Å². The van der Waals surface area contributed by atoms with E-state index >= 15 is 0 Å². The van der Waals surface area contributed by atoms with Gasteiger partial charge in [-0.15, -0.1) is 0 Å². The first-order valence-corrected chi connectivity index (χ1v) is 8.04. The summed E-state index contributed by atoms with van der Waals surface area (Å²) < 4.78 is 41.1. The summed E-state index contributed by atoms with van der Waals surface area (Å²) in [6.07, 6.45) is 0. The van der Waals surface area contributed by atoms with Crippen LogP contribution in [0.4, 0.5) is 10.1 Å². The predicted molar refractivity (Wildman–Crippen MR) is 77.5 cm³/mol. The summed E-state index contributed by atoms with van der Waals surface area (Å²) in [6.45, 7) is 7.84. The molecule has 1 aromatic rings. The van der Waals surface area contributed by atoms with Crippen molar-refractivity contribution in [2.24, 2.45) is 10.8 Å². The van der Waals surface area contributed by atoms with Gasteiger partial charge in [-0.05, 0) is 23.0 Å². The first-order chi connectivity index (χ1) is 8.91. The number of benzene rings is 1. The molecule has 0 saturated heterocycles. The van der Waals surface area contributed by atoms with Gasteiger partial charge in [0.15, 0.2) is 5.82 Å². The van der Waals surface area contributed by atoms with Gasteiger partial charge < -0.3 is 5.73 Å². The van der Waals surface area contributed by atoms with Crippen LogP contribution in [0, 0.1) is 16.6 Å². The maximum absolute atomic E-state index is 13.9. The number of halogens is 2. The lowest BCUT2D eigenvalue weighted by atomic mass is 10.0. The van der Waals surface area contributed by atoms with Crippen LogP contribution in [0.25, 0.3) is 0 Å². The summed E-state index contributed by atoms with van der Waals surface area (Å²) in [4.78, 5) is -0.513. The standard InChI is InChI=1S/C13H18ClFN2O2S/c1-12(2)11(13(12,3)4)17-20(18,19)9-6-7(16)5-8(14)10(9)15/h5-6,11,17H,16H2,1-4H3. The molecule has 4 nitrogen and oxygen atoms in total. The summed E-state index contributed by atoms with van der Waals surface area (Å²) in [5.74, 6) is -0.982. The van der Waals surface area contributed by atoms with Crippen LogP contribution in [0.3, 0.4) is 0 Å². The van der Waals surface area contributed by atoms with Crippen LogP contribution in [0.1, 0.15) is 27.7 Å². The van der Waals surface area contributed by atoms with Gasteiger partial charge >= 0.3 is 0 Å². The van der Waals surface area contributed by atoms with E-state index in [1.165, 1.54) is 6.07 Å². The highest BCUT2D eigenvalue weighted by Crippen LogP contribution is 2.63. The molecule has 7 heteroatoms. The Morgan fingerprint density at radius 3 is 2.20 bits per heavy atom. The molecular formula is C13H18ClFN2O2S.